The molecule has 2 N–H and O–H groups in total. The Hall–Kier alpha value is -2.91. The van der Waals surface area contributed by atoms with Gasteiger partial charge in [0.1, 0.15) is 6.04 Å². The minimum absolute atomic E-state index is 0.130. The first-order chi connectivity index (χ1) is 16.9. The lowest BCUT2D eigenvalue weighted by Crippen LogP contribution is -2.54. The number of likely N-dealkylation sites (tertiary alicyclic amines) is 1. The number of carbonyl (C=O) groups excluding carboxylic acids is 3. The summed E-state index contributed by atoms with van der Waals surface area (Å²) in [7, 11) is 0. The monoisotopic (exact) mass is 502 g/mol. The minimum Gasteiger partial charge on any atom is -0.380 e. The van der Waals surface area contributed by atoms with Crippen molar-refractivity contribution >= 4 is 29.3 Å². The number of nitrogens with one attached hydrogen (secondary N) is 2. The number of piperidine rings is 1. The fourth-order valence-electron chi connectivity index (χ4n) is 4.64. The van der Waals surface area contributed by atoms with Gasteiger partial charge >= 0.3 is 0 Å². The number of aromatic nitrogens is 1. The summed E-state index contributed by atoms with van der Waals surface area (Å²) in [6, 6.07) is 8.16. The lowest BCUT2D eigenvalue weighted by molar-refractivity contribution is -0.137. The molecule has 35 heavy (non-hydrogen) atoms. The van der Waals surface area contributed by atoms with Crippen LogP contribution in [0.5, 0.6) is 0 Å². The number of hydrogen-bond donors (Lipinski definition) is 2. The van der Waals surface area contributed by atoms with Crippen molar-refractivity contribution in [3.05, 3.63) is 41.0 Å². The summed E-state index contributed by atoms with van der Waals surface area (Å²) >= 11 is 6.23. The quantitative estimate of drug-likeness (QED) is 0.652. The summed E-state index contributed by atoms with van der Waals surface area (Å²) in [4.78, 5) is 40.4. The maximum atomic E-state index is 13.3. The van der Waals surface area contributed by atoms with Gasteiger partial charge in [-0.1, -0.05) is 35.3 Å². The van der Waals surface area contributed by atoms with Crippen LogP contribution in [0, 0.1) is 5.41 Å². The van der Waals surface area contributed by atoms with E-state index in [9.17, 15) is 14.4 Å². The average Bonchev–Trinajstić information content (AvgIpc) is 3.35. The first-order valence-electron chi connectivity index (χ1n) is 12.1. The smallest absolute Gasteiger partial charge is 0.276 e. The van der Waals surface area contributed by atoms with Crippen LogP contribution in [0.25, 0.3) is 11.3 Å². The van der Waals surface area contributed by atoms with E-state index < -0.39 is 11.5 Å². The van der Waals surface area contributed by atoms with E-state index in [4.69, 9.17) is 20.9 Å². The molecule has 2 aliphatic rings. The molecular weight excluding hydrogens is 472 g/mol. The zero-order valence-corrected chi connectivity index (χ0v) is 20.6. The normalized spacial score (nSPS) is 21.9. The first-order valence-corrected chi connectivity index (χ1v) is 12.4. The fraction of sp³-hybridized carbons (Fsp3) is 0.520. The summed E-state index contributed by atoms with van der Waals surface area (Å²) < 4.78 is 11.0. The van der Waals surface area contributed by atoms with Crippen LogP contribution in [0.1, 0.15) is 49.5 Å². The van der Waals surface area contributed by atoms with Gasteiger partial charge < -0.3 is 24.8 Å². The maximum Gasteiger partial charge on any atom is 0.276 e. The second kappa shape index (κ2) is 11.2. The molecule has 3 heterocycles. The van der Waals surface area contributed by atoms with E-state index >= 15 is 0 Å². The molecule has 188 valence electrons. The summed E-state index contributed by atoms with van der Waals surface area (Å²) in [5.74, 6) is -0.177. The second-order valence-corrected chi connectivity index (χ2v) is 9.59. The van der Waals surface area contributed by atoms with E-state index in [1.165, 1.54) is 0 Å². The molecule has 2 fully saturated rings. The molecule has 0 saturated carbocycles. The van der Waals surface area contributed by atoms with Crippen molar-refractivity contribution in [2.75, 3.05) is 32.8 Å². The highest BCUT2D eigenvalue weighted by atomic mass is 35.5. The van der Waals surface area contributed by atoms with Gasteiger partial charge in [-0.15, -0.1) is 0 Å². The van der Waals surface area contributed by atoms with E-state index in [0.717, 1.165) is 12.8 Å². The Kier molecular flexibility index (Phi) is 8.07. The zero-order chi connectivity index (χ0) is 24.8. The van der Waals surface area contributed by atoms with Crippen molar-refractivity contribution in [2.24, 2.45) is 5.41 Å². The highest BCUT2D eigenvalue weighted by Gasteiger charge is 2.43. The van der Waals surface area contributed by atoms with E-state index in [-0.39, 0.29) is 23.4 Å². The van der Waals surface area contributed by atoms with Gasteiger partial charge in [0.25, 0.3) is 5.91 Å². The van der Waals surface area contributed by atoms with Gasteiger partial charge in [-0.25, -0.2) is 0 Å². The van der Waals surface area contributed by atoms with Crippen LogP contribution in [0.4, 0.5) is 0 Å². The molecule has 10 heteroatoms. The number of amides is 3. The lowest BCUT2D eigenvalue weighted by atomic mass is 9.73. The molecular formula is C25H31ClN4O5. The van der Waals surface area contributed by atoms with Crippen molar-refractivity contribution in [1.82, 2.24) is 20.7 Å². The summed E-state index contributed by atoms with van der Waals surface area (Å²) in [6.45, 7) is 3.97. The number of nitrogens with zero attached hydrogens (tertiary/aromatic N) is 2. The Balaban J connectivity index is 1.44. The third kappa shape index (κ3) is 5.85. The van der Waals surface area contributed by atoms with Crippen LogP contribution in [-0.4, -0.2) is 66.7 Å². The summed E-state index contributed by atoms with van der Waals surface area (Å²) in [5, 5.41) is 10.2. The molecule has 4 rings (SSSR count). The number of hydrogen-bond acceptors (Lipinski definition) is 6. The van der Waals surface area contributed by atoms with Crippen LogP contribution < -0.4 is 10.6 Å². The molecule has 1 aromatic heterocycles. The Bertz CT molecular complexity index is 1060. The zero-order valence-electron chi connectivity index (χ0n) is 19.8. The first kappa shape index (κ1) is 25.2. The van der Waals surface area contributed by atoms with Crippen LogP contribution in [0.15, 0.2) is 34.9 Å². The Morgan fingerprint density at radius 1 is 1.14 bits per heavy atom. The molecule has 0 bridgehead atoms. The molecule has 2 aliphatic heterocycles. The van der Waals surface area contributed by atoms with Crippen LogP contribution >= 0.6 is 11.6 Å². The predicted molar refractivity (Wildman–Crippen MR) is 130 cm³/mol. The van der Waals surface area contributed by atoms with Gasteiger partial charge in [0.05, 0.1) is 17.0 Å². The van der Waals surface area contributed by atoms with Crippen molar-refractivity contribution in [1.29, 1.82) is 0 Å². The molecule has 1 aromatic carbocycles. The van der Waals surface area contributed by atoms with Crippen LogP contribution in [0.3, 0.4) is 0 Å². The number of ether oxygens (including phenoxy) is 1. The molecule has 9 nitrogen and oxygen atoms in total. The predicted octanol–water partition coefficient (Wildman–Crippen LogP) is 3.04. The van der Waals surface area contributed by atoms with Gasteiger partial charge in [-0.2, -0.15) is 0 Å². The van der Waals surface area contributed by atoms with Crippen LogP contribution in [-0.2, 0) is 14.3 Å². The second-order valence-electron chi connectivity index (χ2n) is 9.18. The number of benzene rings is 1. The van der Waals surface area contributed by atoms with E-state index in [1.54, 1.807) is 30.0 Å². The van der Waals surface area contributed by atoms with Crippen LogP contribution in [0.2, 0.25) is 5.02 Å². The van der Waals surface area contributed by atoms with E-state index in [0.29, 0.717) is 68.5 Å². The van der Waals surface area contributed by atoms with Crippen molar-refractivity contribution in [2.45, 2.75) is 45.1 Å². The third-order valence-electron chi connectivity index (χ3n) is 6.84. The van der Waals surface area contributed by atoms with Gasteiger partial charge in [0, 0.05) is 37.9 Å². The molecule has 1 atom stereocenters. The summed E-state index contributed by atoms with van der Waals surface area (Å²) in [6.07, 6.45) is 3.37. The van der Waals surface area contributed by atoms with E-state index in [1.807, 2.05) is 12.1 Å². The van der Waals surface area contributed by atoms with Crippen molar-refractivity contribution < 1.29 is 23.6 Å². The largest absolute Gasteiger partial charge is 0.380 e. The fourth-order valence-corrected chi connectivity index (χ4v) is 4.87. The molecule has 2 aromatic rings. The highest BCUT2D eigenvalue weighted by Crippen LogP contribution is 2.38. The SMILES string of the molecule is C[C@@H]1NC(=O)C2(CCCCOCCNC1=O)CCN(C(=O)c1cc(-c3ccccc3Cl)on1)CC2. The molecule has 2 saturated heterocycles. The van der Waals surface area contributed by atoms with Gasteiger partial charge in [-0.3, -0.25) is 14.4 Å². The minimum atomic E-state index is -0.641. The topological polar surface area (TPSA) is 114 Å². The number of rotatable bonds is 2. The summed E-state index contributed by atoms with van der Waals surface area (Å²) in [5.41, 5.74) is 0.241. The highest BCUT2D eigenvalue weighted by molar-refractivity contribution is 6.33. The van der Waals surface area contributed by atoms with Crippen molar-refractivity contribution in [3.63, 3.8) is 0 Å². The van der Waals surface area contributed by atoms with E-state index in [2.05, 4.69) is 15.8 Å². The van der Waals surface area contributed by atoms with Gasteiger partial charge in [-0.05, 0) is 44.7 Å². The standard InChI is InChI=1S/C25H31ClN4O5/c1-17-22(31)27-11-15-34-14-5-4-8-25(24(33)28-17)9-12-30(13-10-25)23(32)20-16-21(35-29-20)18-6-2-3-7-19(18)26/h2-3,6-7,16-17H,4-5,8-15H2,1H3,(H,27,31)(H,28,33)/t17-/m0/s1. The molecule has 0 aliphatic carbocycles. The third-order valence-corrected chi connectivity index (χ3v) is 7.17. The lowest BCUT2D eigenvalue weighted by Gasteiger charge is -2.41. The Morgan fingerprint density at radius 2 is 1.91 bits per heavy atom. The Morgan fingerprint density at radius 3 is 2.69 bits per heavy atom. The molecule has 0 radical (unpaired) electrons. The van der Waals surface area contributed by atoms with Crippen molar-refractivity contribution in [3.8, 4) is 11.3 Å². The Labute approximate surface area is 209 Å². The van der Waals surface area contributed by atoms with Gasteiger partial charge in [0.15, 0.2) is 11.5 Å². The average molecular weight is 503 g/mol. The molecule has 1 spiro atoms. The molecule has 3 amide bonds. The van der Waals surface area contributed by atoms with Gasteiger partial charge in [0.2, 0.25) is 11.8 Å². The maximum absolute atomic E-state index is 13.3. The number of halogens is 1. The molecule has 0 unspecified atom stereocenters. The number of carbonyl (C=O) groups is 3.